The minimum absolute atomic E-state index is 0.345. The molecule has 0 fully saturated rings. The van der Waals surface area contributed by atoms with E-state index in [0.717, 1.165) is 26.1 Å². The zero-order chi connectivity index (χ0) is 23.0. The SMILES string of the molecule is C=CC(=O)[O][Ti]([O]C(=O)C=C)([C]1=CC=CC1)([CH]1c2ccccc2-c2ccccc21)=[Si](C)C. The molecule has 0 saturated heterocycles. The van der Waals surface area contributed by atoms with Gasteiger partial charge in [0.2, 0.25) is 0 Å². The first-order valence-corrected chi connectivity index (χ1v) is 18.4. The van der Waals surface area contributed by atoms with Gasteiger partial charge >= 0.3 is 191 Å². The van der Waals surface area contributed by atoms with Crippen LogP contribution in [0.2, 0.25) is 13.1 Å². The molecule has 0 aromatic heterocycles. The second-order valence-electron chi connectivity index (χ2n) is 8.32. The van der Waals surface area contributed by atoms with E-state index >= 15 is 0 Å². The first-order chi connectivity index (χ1) is 15.4. The van der Waals surface area contributed by atoms with Gasteiger partial charge in [0.25, 0.3) is 0 Å². The minimum atomic E-state index is -5.19. The van der Waals surface area contributed by atoms with Crippen LogP contribution in [0.15, 0.2) is 95.9 Å². The van der Waals surface area contributed by atoms with Gasteiger partial charge in [0.15, 0.2) is 0 Å². The summed E-state index contributed by atoms with van der Waals surface area (Å²) in [6.07, 6.45) is 7.36. The molecule has 0 atom stereocenters. The molecule has 0 amide bonds. The standard InChI is InChI=1S/C13H9.C5H5.2C3H4O2.C2H6Si.Ti/c1-3-7-12-10(5-1)9-11-6-2-4-8-13(11)12;1-2-4-5-3-1;2*1-2-3(4)5;1-3-2;/h1-9H;1-3H,4H2;2*2H,1H2,(H,4,5);1-2H3;/q;;;;;+2/p-2. The Morgan fingerprint density at radius 1 is 0.938 bits per heavy atom. The summed E-state index contributed by atoms with van der Waals surface area (Å²) in [5.74, 6) is -1.11. The van der Waals surface area contributed by atoms with Gasteiger partial charge in [-0.3, -0.25) is 0 Å². The number of carbonyl (C=O) groups is 2. The molecule has 0 heterocycles. The topological polar surface area (TPSA) is 52.6 Å². The van der Waals surface area contributed by atoms with Crippen molar-refractivity contribution < 1.29 is 31.0 Å². The normalized spacial score (nSPS) is 14.8. The zero-order valence-corrected chi connectivity index (χ0v) is 20.9. The fourth-order valence-corrected chi connectivity index (χ4v) is 24.3. The third kappa shape index (κ3) is 3.07. The van der Waals surface area contributed by atoms with Crippen LogP contribution in [0, 0.1) is 0 Å². The number of allylic oxidation sites excluding steroid dienone is 4. The molecule has 4 rings (SSSR count). The predicted molar refractivity (Wildman–Crippen MR) is 126 cm³/mol. The van der Waals surface area contributed by atoms with Crippen molar-refractivity contribution in [2.75, 3.05) is 0 Å². The van der Waals surface area contributed by atoms with E-state index in [0.29, 0.717) is 6.42 Å². The molecule has 2 aliphatic rings. The van der Waals surface area contributed by atoms with Crippen molar-refractivity contribution in [3.8, 4) is 11.1 Å². The summed E-state index contributed by atoms with van der Waals surface area (Å²) in [5, 5.41) is 0. The summed E-state index contributed by atoms with van der Waals surface area (Å²) in [5.41, 5.74) is 4.25. The summed E-state index contributed by atoms with van der Waals surface area (Å²) < 4.78 is 13.7. The number of rotatable bonds is 6. The summed E-state index contributed by atoms with van der Waals surface area (Å²) in [6.45, 7) is 11.5. The molecule has 0 unspecified atom stereocenters. The molecular weight excluding hydrogens is 452 g/mol. The number of benzene rings is 2. The average Bonchev–Trinajstić information content (AvgIpc) is 3.46. The number of hydrogen-bond donors (Lipinski definition) is 0. The first-order valence-electron chi connectivity index (χ1n) is 10.6. The maximum absolute atomic E-state index is 13.0. The molecule has 0 aliphatic heterocycles. The van der Waals surface area contributed by atoms with Crippen LogP contribution in [-0.2, 0) is 31.0 Å². The van der Waals surface area contributed by atoms with Crippen molar-refractivity contribution in [2.45, 2.75) is 23.7 Å². The number of hydrogen-bond acceptors (Lipinski definition) is 4. The van der Waals surface area contributed by atoms with Crippen LogP contribution >= 0.6 is 0 Å². The molecule has 6 heteroatoms. The Balaban J connectivity index is 2.22. The van der Waals surface area contributed by atoms with E-state index in [4.69, 9.17) is 6.64 Å². The molecule has 2 aromatic rings. The van der Waals surface area contributed by atoms with Crippen LogP contribution in [0.25, 0.3) is 11.1 Å². The molecule has 0 spiro atoms. The van der Waals surface area contributed by atoms with Gasteiger partial charge < -0.3 is 0 Å². The Bertz CT molecular complexity index is 1220. The van der Waals surface area contributed by atoms with Gasteiger partial charge in [0.1, 0.15) is 0 Å². The Kier molecular flexibility index (Phi) is 5.84. The molecule has 0 radical (unpaired) electrons. The van der Waals surface area contributed by atoms with Crippen LogP contribution in [0.5, 0.6) is 0 Å². The molecule has 0 saturated carbocycles. The van der Waals surface area contributed by atoms with Gasteiger partial charge in [0, 0.05) is 0 Å². The first kappa shape index (κ1) is 22.5. The van der Waals surface area contributed by atoms with E-state index in [-0.39, 0.29) is 4.22 Å². The van der Waals surface area contributed by atoms with E-state index in [1.54, 1.807) is 0 Å². The van der Waals surface area contributed by atoms with E-state index in [2.05, 4.69) is 50.5 Å². The second-order valence-corrected chi connectivity index (χ2v) is 25.0. The molecule has 2 aromatic carbocycles. The zero-order valence-electron chi connectivity index (χ0n) is 18.3. The van der Waals surface area contributed by atoms with Crippen molar-refractivity contribution in [1.29, 1.82) is 0 Å². The third-order valence-corrected chi connectivity index (χ3v) is 27.7. The molecule has 32 heavy (non-hydrogen) atoms. The van der Waals surface area contributed by atoms with Crippen LogP contribution in [0.3, 0.4) is 0 Å². The predicted octanol–water partition coefficient (Wildman–Crippen LogP) is 5.83. The van der Waals surface area contributed by atoms with Crippen molar-refractivity contribution in [3.63, 3.8) is 0 Å². The van der Waals surface area contributed by atoms with Crippen molar-refractivity contribution in [3.05, 3.63) is 107 Å². The van der Waals surface area contributed by atoms with Crippen molar-refractivity contribution in [1.82, 2.24) is 0 Å². The Labute approximate surface area is 190 Å². The average molecular weight is 478 g/mol. The van der Waals surface area contributed by atoms with Crippen molar-refractivity contribution >= 4 is 18.1 Å². The summed E-state index contributed by atoms with van der Waals surface area (Å²) in [7, 11) is 0. The Morgan fingerprint density at radius 3 is 1.84 bits per heavy atom. The van der Waals surface area contributed by atoms with Gasteiger partial charge in [-0.05, 0) is 0 Å². The van der Waals surface area contributed by atoms with Gasteiger partial charge in [-0.25, -0.2) is 0 Å². The molecular formula is C26H26O4SiTi. The Hall–Kier alpha value is -2.73. The molecule has 0 N–H and O–H groups in total. The van der Waals surface area contributed by atoms with Gasteiger partial charge in [-0.15, -0.1) is 0 Å². The molecule has 2 aliphatic carbocycles. The number of fused-ring (bicyclic) bond motifs is 3. The van der Waals surface area contributed by atoms with Crippen LogP contribution in [0.1, 0.15) is 21.8 Å². The van der Waals surface area contributed by atoms with Gasteiger partial charge in [-0.2, -0.15) is 0 Å². The summed E-state index contributed by atoms with van der Waals surface area (Å²) >= 11 is -5.19. The van der Waals surface area contributed by atoms with Crippen LogP contribution in [0.4, 0.5) is 0 Å². The van der Waals surface area contributed by atoms with E-state index in [1.165, 1.54) is 12.2 Å². The summed E-state index contributed by atoms with van der Waals surface area (Å²) in [4.78, 5) is 26.0. The molecule has 162 valence electrons. The summed E-state index contributed by atoms with van der Waals surface area (Å²) in [6, 6.07) is 16.3. The Morgan fingerprint density at radius 2 is 1.44 bits per heavy atom. The van der Waals surface area contributed by atoms with Crippen molar-refractivity contribution in [2.24, 2.45) is 0 Å². The fraction of sp³-hybridized carbons (Fsp3) is 0.154. The van der Waals surface area contributed by atoms with Gasteiger partial charge in [-0.1, -0.05) is 0 Å². The van der Waals surface area contributed by atoms with E-state index in [1.807, 2.05) is 42.5 Å². The second kappa shape index (κ2) is 8.32. The monoisotopic (exact) mass is 478 g/mol. The number of carbonyl (C=O) groups excluding carboxylic acids is 2. The van der Waals surface area contributed by atoms with E-state index in [9.17, 15) is 9.59 Å². The van der Waals surface area contributed by atoms with Gasteiger partial charge in [0.05, 0.1) is 0 Å². The quantitative estimate of drug-likeness (QED) is 0.387. The fourth-order valence-electron chi connectivity index (χ4n) is 5.27. The van der Waals surface area contributed by atoms with Crippen LogP contribution < -0.4 is 0 Å². The van der Waals surface area contributed by atoms with E-state index < -0.39 is 32.9 Å². The molecule has 4 nitrogen and oxygen atoms in total. The molecule has 0 bridgehead atoms. The maximum atomic E-state index is 13.0. The van der Waals surface area contributed by atoms with Crippen LogP contribution in [-0.4, -0.2) is 18.1 Å². The third-order valence-electron chi connectivity index (χ3n) is 6.62.